The van der Waals surface area contributed by atoms with Crippen LogP contribution in [0.3, 0.4) is 0 Å². The van der Waals surface area contributed by atoms with Gasteiger partial charge in [0.15, 0.2) is 0 Å². The fraction of sp³-hybridized carbons (Fsp3) is 0.600. The molecule has 0 saturated carbocycles. The van der Waals surface area contributed by atoms with Crippen LogP contribution in [0.4, 0.5) is 0 Å². The minimum absolute atomic E-state index is 0. The summed E-state index contributed by atoms with van der Waals surface area (Å²) < 4.78 is 0. The summed E-state index contributed by atoms with van der Waals surface area (Å²) in [7, 11) is 0. The van der Waals surface area contributed by atoms with Gasteiger partial charge in [-0.25, -0.2) is 0 Å². The number of likely N-dealkylation sites (tertiary alicyclic amines) is 1. The van der Waals surface area contributed by atoms with Gasteiger partial charge in [0, 0.05) is 30.4 Å². The molecule has 2 unspecified atom stereocenters. The molecule has 1 saturated heterocycles. The zero-order chi connectivity index (χ0) is 12.8. The molecule has 0 bridgehead atoms. The fourth-order valence-electron chi connectivity index (χ4n) is 2.77. The molecule has 0 aliphatic carbocycles. The van der Waals surface area contributed by atoms with Gasteiger partial charge in [-0.2, -0.15) is 0 Å². The average molecular weight is 323 g/mol. The van der Waals surface area contributed by atoms with E-state index in [0.717, 1.165) is 6.54 Å². The standard InChI is InChI=1S/C15H21Cl2N.ClH/c16-10-14-8-4-5-9-15(11-17)18(14)12-13-6-2-1-3-7-13;/h1-3,6-7,14-15H,4-5,8-12H2;1H. The highest BCUT2D eigenvalue weighted by molar-refractivity contribution is 6.18. The number of benzene rings is 1. The van der Waals surface area contributed by atoms with Crippen molar-refractivity contribution in [2.45, 2.75) is 44.3 Å². The van der Waals surface area contributed by atoms with Crippen LogP contribution in [0.2, 0.25) is 0 Å². The van der Waals surface area contributed by atoms with Gasteiger partial charge in [0.1, 0.15) is 0 Å². The van der Waals surface area contributed by atoms with Crippen molar-refractivity contribution >= 4 is 35.6 Å². The molecule has 0 spiro atoms. The third-order valence-electron chi connectivity index (χ3n) is 3.83. The molecule has 2 rings (SSSR count). The maximum atomic E-state index is 6.15. The fourth-order valence-corrected chi connectivity index (χ4v) is 3.44. The van der Waals surface area contributed by atoms with Gasteiger partial charge in [-0.05, 0) is 18.4 Å². The first-order valence-electron chi connectivity index (χ1n) is 6.76. The van der Waals surface area contributed by atoms with Gasteiger partial charge in [-0.15, -0.1) is 35.6 Å². The van der Waals surface area contributed by atoms with Crippen molar-refractivity contribution in [3.63, 3.8) is 0 Å². The Kier molecular flexibility index (Phi) is 8.17. The highest BCUT2D eigenvalue weighted by Crippen LogP contribution is 2.25. The van der Waals surface area contributed by atoms with Crippen molar-refractivity contribution in [2.24, 2.45) is 0 Å². The zero-order valence-corrected chi connectivity index (χ0v) is 13.4. The topological polar surface area (TPSA) is 3.24 Å². The Labute approximate surface area is 132 Å². The van der Waals surface area contributed by atoms with E-state index in [9.17, 15) is 0 Å². The van der Waals surface area contributed by atoms with Crippen LogP contribution in [0, 0.1) is 0 Å². The third kappa shape index (κ3) is 4.82. The lowest BCUT2D eigenvalue weighted by atomic mass is 10.1. The van der Waals surface area contributed by atoms with Crippen LogP contribution in [0.5, 0.6) is 0 Å². The summed E-state index contributed by atoms with van der Waals surface area (Å²) in [4.78, 5) is 2.52. The Hall–Kier alpha value is 0.0500. The molecule has 1 aliphatic rings. The first-order chi connectivity index (χ1) is 8.85. The van der Waals surface area contributed by atoms with Crippen molar-refractivity contribution in [3.05, 3.63) is 35.9 Å². The zero-order valence-electron chi connectivity index (χ0n) is 11.1. The van der Waals surface area contributed by atoms with Gasteiger partial charge >= 0.3 is 0 Å². The maximum Gasteiger partial charge on any atom is 0.0379 e. The Morgan fingerprint density at radius 1 is 0.947 bits per heavy atom. The minimum Gasteiger partial charge on any atom is -0.291 e. The monoisotopic (exact) mass is 321 g/mol. The SMILES string of the molecule is Cl.ClCC1CCCCC(CCl)N1Cc1ccccc1. The van der Waals surface area contributed by atoms with Crippen molar-refractivity contribution in [1.29, 1.82) is 0 Å². The summed E-state index contributed by atoms with van der Waals surface area (Å²) in [5.41, 5.74) is 1.35. The molecule has 1 heterocycles. The molecule has 0 amide bonds. The summed E-state index contributed by atoms with van der Waals surface area (Å²) >= 11 is 12.3. The van der Waals surface area contributed by atoms with E-state index in [1.54, 1.807) is 0 Å². The van der Waals surface area contributed by atoms with Gasteiger partial charge in [0.2, 0.25) is 0 Å². The van der Waals surface area contributed by atoms with Crippen LogP contribution in [-0.4, -0.2) is 28.7 Å². The van der Waals surface area contributed by atoms with Crippen LogP contribution in [0.25, 0.3) is 0 Å². The van der Waals surface area contributed by atoms with E-state index in [1.165, 1.54) is 31.2 Å². The molecular formula is C15H22Cl3N. The molecule has 4 heteroatoms. The predicted octanol–water partition coefficient (Wildman–Crippen LogP) is 4.70. The van der Waals surface area contributed by atoms with Crippen molar-refractivity contribution in [1.82, 2.24) is 4.90 Å². The van der Waals surface area contributed by atoms with E-state index in [2.05, 4.69) is 35.2 Å². The summed E-state index contributed by atoms with van der Waals surface area (Å²) in [5, 5.41) is 0. The largest absolute Gasteiger partial charge is 0.291 e. The van der Waals surface area contributed by atoms with Crippen LogP contribution in [-0.2, 0) is 6.54 Å². The highest BCUT2D eigenvalue weighted by atomic mass is 35.5. The molecule has 1 aromatic carbocycles. The lowest BCUT2D eigenvalue weighted by molar-refractivity contribution is 0.151. The van der Waals surface area contributed by atoms with Crippen molar-refractivity contribution in [2.75, 3.05) is 11.8 Å². The first-order valence-corrected chi connectivity index (χ1v) is 7.83. The second-order valence-corrected chi connectivity index (χ2v) is 5.68. The lowest BCUT2D eigenvalue weighted by Crippen LogP contribution is -2.43. The third-order valence-corrected chi connectivity index (χ3v) is 4.54. The number of nitrogens with zero attached hydrogens (tertiary/aromatic N) is 1. The van der Waals surface area contributed by atoms with E-state index in [0.29, 0.717) is 23.8 Å². The van der Waals surface area contributed by atoms with Gasteiger partial charge in [-0.3, -0.25) is 4.90 Å². The van der Waals surface area contributed by atoms with E-state index in [4.69, 9.17) is 23.2 Å². The first kappa shape index (κ1) is 17.1. The molecule has 2 atom stereocenters. The van der Waals surface area contributed by atoms with Gasteiger partial charge in [0.25, 0.3) is 0 Å². The second kappa shape index (κ2) is 9.07. The molecule has 108 valence electrons. The normalized spacial score (nSPS) is 24.5. The van der Waals surface area contributed by atoms with Crippen LogP contribution in [0.1, 0.15) is 31.2 Å². The van der Waals surface area contributed by atoms with E-state index in [-0.39, 0.29) is 12.4 Å². The molecule has 1 aliphatic heterocycles. The molecule has 19 heavy (non-hydrogen) atoms. The molecule has 1 aromatic rings. The highest BCUT2D eigenvalue weighted by Gasteiger charge is 2.27. The number of alkyl halides is 2. The summed E-state index contributed by atoms with van der Waals surface area (Å²) in [6, 6.07) is 11.6. The van der Waals surface area contributed by atoms with Gasteiger partial charge in [-0.1, -0.05) is 43.2 Å². The number of hydrogen-bond acceptors (Lipinski definition) is 1. The number of halogens is 3. The van der Waals surface area contributed by atoms with E-state index < -0.39 is 0 Å². The number of hydrogen-bond donors (Lipinski definition) is 0. The summed E-state index contributed by atoms with van der Waals surface area (Å²) in [6.45, 7) is 0.968. The Morgan fingerprint density at radius 2 is 1.47 bits per heavy atom. The molecule has 1 nitrogen and oxygen atoms in total. The molecule has 0 N–H and O–H groups in total. The smallest absolute Gasteiger partial charge is 0.0379 e. The van der Waals surface area contributed by atoms with Crippen molar-refractivity contribution in [3.8, 4) is 0 Å². The Balaban J connectivity index is 0.00000180. The van der Waals surface area contributed by atoms with Crippen LogP contribution < -0.4 is 0 Å². The lowest BCUT2D eigenvalue weighted by Gasteiger charge is -2.34. The quantitative estimate of drug-likeness (QED) is 0.726. The second-order valence-electron chi connectivity index (χ2n) is 5.06. The summed E-state index contributed by atoms with van der Waals surface area (Å²) in [5.74, 6) is 1.42. The Bertz CT molecular complexity index is 331. The van der Waals surface area contributed by atoms with Gasteiger partial charge in [0.05, 0.1) is 0 Å². The molecular weight excluding hydrogens is 301 g/mol. The van der Waals surface area contributed by atoms with Crippen LogP contribution in [0.15, 0.2) is 30.3 Å². The van der Waals surface area contributed by atoms with Gasteiger partial charge < -0.3 is 0 Å². The molecule has 0 aromatic heterocycles. The molecule has 0 radical (unpaired) electrons. The number of rotatable bonds is 4. The Morgan fingerprint density at radius 3 is 1.95 bits per heavy atom. The summed E-state index contributed by atoms with van der Waals surface area (Å²) in [6.07, 6.45) is 4.94. The maximum absolute atomic E-state index is 6.15. The average Bonchev–Trinajstić information content (AvgIpc) is 2.62. The van der Waals surface area contributed by atoms with Crippen molar-refractivity contribution < 1.29 is 0 Å². The van der Waals surface area contributed by atoms with E-state index >= 15 is 0 Å². The van der Waals surface area contributed by atoms with E-state index in [1.807, 2.05) is 0 Å². The molecule has 1 fully saturated rings. The van der Waals surface area contributed by atoms with Crippen LogP contribution >= 0.6 is 35.6 Å². The minimum atomic E-state index is 0. The predicted molar refractivity (Wildman–Crippen MR) is 86.7 cm³/mol.